The van der Waals surface area contributed by atoms with Gasteiger partial charge in [-0.1, -0.05) is 0 Å². The van der Waals surface area contributed by atoms with Crippen LogP contribution >= 0.6 is 0 Å². The molecule has 0 saturated carbocycles. The van der Waals surface area contributed by atoms with Crippen LogP contribution in [0.25, 0.3) is 0 Å². The van der Waals surface area contributed by atoms with Gasteiger partial charge in [0.1, 0.15) is 0 Å². The lowest BCUT2D eigenvalue weighted by Crippen LogP contribution is -2.48. The molecule has 4 nitrogen and oxygen atoms in total. The van der Waals surface area contributed by atoms with Crippen LogP contribution < -0.4 is 5.32 Å². The minimum atomic E-state index is 0.429. The fourth-order valence-electron chi connectivity index (χ4n) is 1.83. The zero-order chi connectivity index (χ0) is 11.1. The summed E-state index contributed by atoms with van der Waals surface area (Å²) in [7, 11) is 1.74. The van der Waals surface area contributed by atoms with E-state index >= 15 is 0 Å². The van der Waals surface area contributed by atoms with E-state index in [2.05, 4.69) is 24.1 Å². The van der Waals surface area contributed by atoms with Crippen LogP contribution in [0.3, 0.4) is 0 Å². The fraction of sp³-hybridized carbons (Fsp3) is 1.00. The van der Waals surface area contributed by atoms with E-state index in [-0.39, 0.29) is 0 Å². The molecule has 1 heterocycles. The van der Waals surface area contributed by atoms with Gasteiger partial charge in [0.05, 0.1) is 19.8 Å². The van der Waals surface area contributed by atoms with Gasteiger partial charge in [0.25, 0.3) is 0 Å². The fourth-order valence-corrected chi connectivity index (χ4v) is 1.83. The van der Waals surface area contributed by atoms with Crippen LogP contribution in [0.15, 0.2) is 0 Å². The molecule has 1 rings (SSSR count). The lowest BCUT2D eigenvalue weighted by atomic mass is 10.2. The van der Waals surface area contributed by atoms with E-state index in [0.717, 1.165) is 39.5 Å². The highest BCUT2D eigenvalue weighted by molar-refractivity contribution is 4.73. The Bertz CT molecular complexity index is 161. The third kappa shape index (κ3) is 4.93. The minimum Gasteiger partial charge on any atom is -0.383 e. The van der Waals surface area contributed by atoms with E-state index in [1.54, 1.807) is 7.11 Å². The molecule has 0 aliphatic carbocycles. The van der Waals surface area contributed by atoms with Crippen LogP contribution in [0.5, 0.6) is 0 Å². The van der Waals surface area contributed by atoms with Crippen LogP contribution in [-0.4, -0.2) is 63.5 Å². The molecule has 15 heavy (non-hydrogen) atoms. The number of hydrogen-bond donors (Lipinski definition) is 1. The van der Waals surface area contributed by atoms with E-state index in [1.165, 1.54) is 0 Å². The first-order chi connectivity index (χ1) is 7.24. The third-order valence-electron chi connectivity index (χ3n) is 2.85. The highest BCUT2D eigenvalue weighted by atomic mass is 16.5. The standard InChI is InChI=1S/C11H24N2O2/c1-10(9-14-3)12-8-11(2)13-4-6-15-7-5-13/h10-12H,4-9H2,1-3H3. The second kappa shape index (κ2) is 7.17. The van der Waals surface area contributed by atoms with Crippen molar-refractivity contribution in [2.45, 2.75) is 25.9 Å². The number of hydrogen-bond acceptors (Lipinski definition) is 4. The summed E-state index contributed by atoms with van der Waals surface area (Å²) in [6.07, 6.45) is 0. The SMILES string of the molecule is COCC(C)NCC(C)N1CCOCC1. The maximum atomic E-state index is 5.33. The van der Waals surface area contributed by atoms with Gasteiger partial charge in [-0.05, 0) is 13.8 Å². The van der Waals surface area contributed by atoms with E-state index in [9.17, 15) is 0 Å². The molecule has 1 N–H and O–H groups in total. The number of nitrogens with one attached hydrogen (secondary N) is 1. The van der Waals surface area contributed by atoms with Crippen molar-refractivity contribution in [1.82, 2.24) is 10.2 Å². The van der Waals surface area contributed by atoms with Crippen LogP contribution in [0.2, 0.25) is 0 Å². The van der Waals surface area contributed by atoms with Crippen molar-refractivity contribution in [2.24, 2.45) is 0 Å². The summed E-state index contributed by atoms with van der Waals surface area (Å²) in [6, 6.07) is 1.01. The summed E-state index contributed by atoms with van der Waals surface area (Å²) in [5.41, 5.74) is 0. The second-order valence-corrected chi connectivity index (χ2v) is 4.26. The van der Waals surface area contributed by atoms with Crippen molar-refractivity contribution in [3.05, 3.63) is 0 Å². The monoisotopic (exact) mass is 216 g/mol. The lowest BCUT2D eigenvalue weighted by molar-refractivity contribution is 0.0194. The Labute approximate surface area is 92.9 Å². The molecule has 1 saturated heterocycles. The van der Waals surface area contributed by atoms with Gasteiger partial charge in [0.15, 0.2) is 0 Å². The number of rotatable bonds is 6. The van der Waals surface area contributed by atoms with Gasteiger partial charge in [-0.15, -0.1) is 0 Å². The molecule has 1 aliphatic heterocycles. The predicted octanol–water partition coefficient (Wildman–Crippen LogP) is 0.332. The first kappa shape index (κ1) is 12.9. The zero-order valence-electron chi connectivity index (χ0n) is 10.2. The third-order valence-corrected chi connectivity index (χ3v) is 2.85. The molecular formula is C11H24N2O2. The van der Waals surface area contributed by atoms with E-state index < -0.39 is 0 Å². The maximum absolute atomic E-state index is 5.33. The number of nitrogens with zero attached hydrogens (tertiary/aromatic N) is 1. The summed E-state index contributed by atoms with van der Waals surface area (Å²) in [4.78, 5) is 2.47. The Morgan fingerprint density at radius 3 is 2.60 bits per heavy atom. The first-order valence-corrected chi connectivity index (χ1v) is 5.78. The Hall–Kier alpha value is -0.160. The summed E-state index contributed by atoms with van der Waals surface area (Å²) in [6.45, 7) is 10.1. The highest BCUT2D eigenvalue weighted by Gasteiger charge is 2.16. The zero-order valence-corrected chi connectivity index (χ0v) is 10.2. The predicted molar refractivity (Wildman–Crippen MR) is 61.2 cm³/mol. The average Bonchev–Trinajstić information content (AvgIpc) is 2.27. The maximum Gasteiger partial charge on any atom is 0.0613 e. The number of morpholine rings is 1. The summed E-state index contributed by atoms with van der Waals surface area (Å²) in [5.74, 6) is 0. The van der Waals surface area contributed by atoms with Gasteiger partial charge in [0, 0.05) is 38.8 Å². The number of ether oxygens (including phenoxy) is 2. The van der Waals surface area contributed by atoms with Crippen molar-refractivity contribution >= 4 is 0 Å². The molecular weight excluding hydrogens is 192 g/mol. The summed E-state index contributed by atoms with van der Waals surface area (Å²) < 4.78 is 10.4. The molecule has 90 valence electrons. The van der Waals surface area contributed by atoms with E-state index in [1.807, 2.05) is 0 Å². The van der Waals surface area contributed by atoms with Crippen molar-refractivity contribution in [1.29, 1.82) is 0 Å². The van der Waals surface area contributed by atoms with Crippen molar-refractivity contribution in [3.63, 3.8) is 0 Å². The van der Waals surface area contributed by atoms with Gasteiger partial charge >= 0.3 is 0 Å². The molecule has 0 aromatic rings. The molecule has 0 spiro atoms. The Morgan fingerprint density at radius 2 is 2.00 bits per heavy atom. The molecule has 4 heteroatoms. The van der Waals surface area contributed by atoms with Crippen LogP contribution in [0.4, 0.5) is 0 Å². The summed E-state index contributed by atoms with van der Waals surface area (Å²) >= 11 is 0. The second-order valence-electron chi connectivity index (χ2n) is 4.26. The van der Waals surface area contributed by atoms with Crippen molar-refractivity contribution in [2.75, 3.05) is 46.6 Å². The van der Waals surface area contributed by atoms with Gasteiger partial charge in [-0.25, -0.2) is 0 Å². The topological polar surface area (TPSA) is 33.7 Å². The molecule has 0 radical (unpaired) electrons. The van der Waals surface area contributed by atoms with Crippen molar-refractivity contribution < 1.29 is 9.47 Å². The highest BCUT2D eigenvalue weighted by Crippen LogP contribution is 2.02. The number of methoxy groups -OCH3 is 1. The Balaban J connectivity index is 2.13. The van der Waals surface area contributed by atoms with Gasteiger partial charge in [-0.2, -0.15) is 0 Å². The lowest BCUT2D eigenvalue weighted by Gasteiger charge is -2.33. The normalized spacial score (nSPS) is 22.6. The van der Waals surface area contributed by atoms with Gasteiger partial charge in [0.2, 0.25) is 0 Å². The van der Waals surface area contributed by atoms with Crippen molar-refractivity contribution in [3.8, 4) is 0 Å². The van der Waals surface area contributed by atoms with Gasteiger partial charge < -0.3 is 14.8 Å². The molecule has 0 amide bonds. The van der Waals surface area contributed by atoms with Crippen LogP contribution in [-0.2, 0) is 9.47 Å². The smallest absolute Gasteiger partial charge is 0.0613 e. The van der Waals surface area contributed by atoms with E-state index in [4.69, 9.17) is 9.47 Å². The molecule has 0 aromatic heterocycles. The van der Waals surface area contributed by atoms with Crippen LogP contribution in [0, 0.1) is 0 Å². The van der Waals surface area contributed by atoms with Crippen LogP contribution in [0.1, 0.15) is 13.8 Å². The molecule has 2 unspecified atom stereocenters. The Morgan fingerprint density at radius 1 is 1.33 bits per heavy atom. The molecule has 0 aromatic carbocycles. The first-order valence-electron chi connectivity index (χ1n) is 5.78. The largest absolute Gasteiger partial charge is 0.383 e. The molecule has 0 bridgehead atoms. The molecule has 1 aliphatic rings. The van der Waals surface area contributed by atoms with E-state index in [0.29, 0.717) is 12.1 Å². The quantitative estimate of drug-likeness (QED) is 0.694. The molecule has 2 atom stereocenters. The molecule has 1 fully saturated rings. The summed E-state index contributed by atoms with van der Waals surface area (Å²) in [5, 5.41) is 3.47. The minimum absolute atomic E-state index is 0.429. The average molecular weight is 216 g/mol. The van der Waals surface area contributed by atoms with Gasteiger partial charge in [-0.3, -0.25) is 4.90 Å². The Kier molecular flexibility index (Phi) is 6.17.